The minimum absolute atomic E-state index is 0.284. The highest BCUT2D eigenvalue weighted by Gasteiger charge is 2.25. The van der Waals surface area contributed by atoms with E-state index in [4.69, 9.17) is 0 Å². The SMILES string of the molecule is CC1=C=CC(C(C)(C)O)CC1. The molecule has 11 heavy (non-hydrogen) atoms. The van der Waals surface area contributed by atoms with E-state index in [2.05, 4.69) is 12.7 Å². The van der Waals surface area contributed by atoms with E-state index in [9.17, 15) is 5.11 Å². The highest BCUT2D eigenvalue weighted by Crippen LogP contribution is 2.27. The maximum Gasteiger partial charge on any atom is 0.0660 e. The van der Waals surface area contributed by atoms with Crippen LogP contribution in [0.3, 0.4) is 0 Å². The third-order valence-electron chi connectivity index (χ3n) is 2.27. The van der Waals surface area contributed by atoms with Crippen LogP contribution in [0.1, 0.15) is 33.6 Å². The van der Waals surface area contributed by atoms with Crippen molar-refractivity contribution in [1.82, 2.24) is 0 Å². The zero-order valence-corrected chi connectivity index (χ0v) is 7.52. The van der Waals surface area contributed by atoms with Gasteiger partial charge in [-0.1, -0.05) is 0 Å². The van der Waals surface area contributed by atoms with Crippen LogP contribution in [0.15, 0.2) is 17.4 Å². The van der Waals surface area contributed by atoms with Gasteiger partial charge >= 0.3 is 0 Å². The molecule has 1 atom stereocenters. The maximum absolute atomic E-state index is 9.65. The third kappa shape index (κ3) is 2.21. The Kier molecular flexibility index (Phi) is 2.22. The van der Waals surface area contributed by atoms with Crippen molar-refractivity contribution in [3.8, 4) is 0 Å². The summed E-state index contributed by atoms with van der Waals surface area (Å²) in [7, 11) is 0. The number of hydrogen-bond acceptors (Lipinski definition) is 1. The zero-order chi connectivity index (χ0) is 8.48. The third-order valence-corrected chi connectivity index (χ3v) is 2.27. The topological polar surface area (TPSA) is 20.2 Å². The summed E-state index contributed by atoms with van der Waals surface area (Å²) in [6.45, 7) is 5.80. The molecular weight excluding hydrogens is 136 g/mol. The van der Waals surface area contributed by atoms with Gasteiger partial charge in [-0.3, -0.25) is 0 Å². The van der Waals surface area contributed by atoms with E-state index in [1.165, 1.54) is 5.57 Å². The highest BCUT2D eigenvalue weighted by molar-refractivity contribution is 5.08. The second kappa shape index (κ2) is 2.84. The minimum atomic E-state index is -0.576. The van der Waals surface area contributed by atoms with E-state index < -0.39 is 5.60 Å². The molecule has 1 unspecified atom stereocenters. The van der Waals surface area contributed by atoms with Crippen LogP contribution < -0.4 is 0 Å². The molecule has 62 valence electrons. The monoisotopic (exact) mass is 152 g/mol. The van der Waals surface area contributed by atoms with Gasteiger partial charge in [0.1, 0.15) is 0 Å². The second-order valence-corrected chi connectivity index (χ2v) is 3.89. The Morgan fingerprint density at radius 1 is 1.64 bits per heavy atom. The van der Waals surface area contributed by atoms with Crippen molar-refractivity contribution in [3.63, 3.8) is 0 Å². The lowest BCUT2D eigenvalue weighted by Gasteiger charge is -2.27. The lowest BCUT2D eigenvalue weighted by atomic mass is 9.84. The van der Waals surface area contributed by atoms with E-state index in [-0.39, 0.29) is 5.92 Å². The number of rotatable bonds is 1. The maximum atomic E-state index is 9.65. The average Bonchev–Trinajstić information content (AvgIpc) is 1.86. The summed E-state index contributed by atoms with van der Waals surface area (Å²) in [6.07, 6.45) is 4.13. The van der Waals surface area contributed by atoms with Crippen LogP contribution in [0.4, 0.5) is 0 Å². The average molecular weight is 152 g/mol. The van der Waals surface area contributed by atoms with E-state index >= 15 is 0 Å². The molecule has 1 nitrogen and oxygen atoms in total. The minimum Gasteiger partial charge on any atom is -0.390 e. The first-order valence-corrected chi connectivity index (χ1v) is 4.15. The van der Waals surface area contributed by atoms with Crippen LogP contribution in [0.2, 0.25) is 0 Å². The van der Waals surface area contributed by atoms with Crippen LogP contribution in [-0.4, -0.2) is 10.7 Å². The summed E-state index contributed by atoms with van der Waals surface area (Å²) < 4.78 is 0. The van der Waals surface area contributed by atoms with Gasteiger partial charge in [-0.2, -0.15) is 0 Å². The standard InChI is InChI=1S/C10H16O/c1-8-4-6-9(7-5-8)10(2,3)11/h7,9,11H,4,6H2,1-3H3. The molecule has 0 saturated heterocycles. The molecule has 1 N–H and O–H groups in total. The smallest absolute Gasteiger partial charge is 0.0660 e. The largest absolute Gasteiger partial charge is 0.390 e. The molecule has 0 spiro atoms. The Morgan fingerprint density at radius 3 is 2.64 bits per heavy atom. The van der Waals surface area contributed by atoms with Gasteiger partial charge in [0, 0.05) is 5.92 Å². The first kappa shape index (κ1) is 8.58. The summed E-state index contributed by atoms with van der Waals surface area (Å²) in [5.41, 5.74) is 3.89. The van der Waals surface area contributed by atoms with Gasteiger partial charge in [0.05, 0.1) is 5.60 Å². The molecule has 0 aromatic rings. The lowest BCUT2D eigenvalue weighted by Crippen LogP contribution is -2.29. The summed E-state index contributed by atoms with van der Waals surface area (Å²) in [6, 6.07) is 0. The molecule has 1 rings (SSSR count). The molecule has 0 aromatic heterocycles. The van der Waals surface area contributed by atoms with E-state index in [0.717, 1.165) is 12.8 Å². The molecule has 0 fully saturated rings. The number of aliphatic hydroxyl groups is 1. The van der Waals surface area contributed by atoms with Crippen LogP contribution in [0.5, 0.6) is 0 Å². The van der Waals surface area contributed by atoms with Crippen molar-refractivity contribution in [2.75, 3.05) is 0 Å². The summed E-state index contributed by atoms with van der Waals surface area (Å²) in [5, 5.41) is 9.65. The lowest BCUT2D eigenvalue weighted by molar-refractivity contribution is 0.0331. The molecule has 1 heteroatoms. The first-order valence-electron chi connectivity index (χ1n) is 4.15. The molecule has 0 amide bonds. The Balaban J connectivity index is 2.74. The predicted molar refractivity (Wildman–Crippen MR) is 46.3 cm³/mol. The van der Waals surface area contributed by atoms with Crippen molar-refractivity contribution in [3.05, 3.63) is 17.4 Å². The first-order chi connectivity index (χ1) is 5.00. The summed E-state index contributed by atoms with van der Waals surface area (Å²) in [5.74, 6) is 0.284. The van der Waals surface area contributed by atoms with E-state index in [0.29, 0.717) is 0 Å². The Hall–Kier alpha value is -0.520. The quantitative estimate of drug-likeness (QED) is 0.571. The molecule has 0 radical (unpaired) electrons. The number of hydrogen-bond donors (Lipinski definition) is 1. The molecule has 0 heterocycles. The second-order valence-electron chi connectivity index (χ2n) is 3.89. The van der Waals surface area contributed by atoms with Gasteiger partial charge in [0.2, 0.25) is 0 Å². The van der Waals surface area contributed by atoms with E-state index in [1.54, 1.807) is 0 Å². The molecule has 0 aromatic carbocycles. The van der Waals surface area contributed by atoms with Crippen LogP contribution in [-0.2, 0) is 0 Å². The van der Waals surface area contributed by atoms with Gasteiger partial charge in [-0.15, -0.1) is 5.73 Å². The predicted octanol–water partition coefficient (Wildman–Crippen LogP) is 2.27. The normalized spacial score (nSPS) is 25.1. The summed E-state index contributed by atoms with van der Waals surface area (Å²) >= 11 is 0. The molecule has 0 bridgehead atoms. The zero-order valence-electron chi connectivity index (χ0n) is 7.52. The van der Waals surface area contributed by atoms with Crippen LogP contribution >= 0.6 is 0 Å². The Bertz CT molecular complexity index is 201. The van der Waals surface area contributed by atoms with Gasteiger partial charge in [-0.25, -0.2) is 0 Å². The molecule has 1 aliphatic rings. The summed E-state index contributed by atoms with van der Waals surface area (Å²) in [4.78, 5) is 0. The van der Waals surface area contributed by atoms with Crippen molar-refractivity contribution in [1.29, 1.82) is 0 Å². The van der Waals surface area contributed by atoms with Gasteiger partial charge < -0.3 is 5.11 Å². The van der Waals surface area contributed by atoms with Crippen LogP contribution in [0.25, 0.3) is 0 Å². The van der Waals surface area contributed by atoms with Crippen molar-refractivity contribution in [2.45, 2.75) is 39.2 Å². The fraction of sp³-hybridized carbons (Fsp3) is 0.700. The fourth-order valence-electron chi connectivity index (χ4n) is 1.33. The molecule has 0 saturated carbocycles. The highest BCUT2D eigenvalue weighted by atomic mass is 16.3. The molecule has 1 aliphatic carbocycles. The van der Waals surface area contributed by atoms with Crippen molar-refractivity contribution >= 4 is 0 Å². The Morgan fingerprint density at radius 2 is 2.27 bits per heavy atom. The van der Waals surface area contributed by atoms with Crippen molar-refractivity contribution < 1.29 is 5.11 Å². The van der Waals surface area contributed by atoms with Gasteiger partial charge in [-0.05, 0) is 45.3 Å². The van der Waals surface area contributed by atoms with E-state index in [1.807, 2.05) is 19.9 Å². The van der Waals surface area contributed by atoms with Crippen LogP contribution in [0, 0.1) is 5.92 Å². The Labute approximate surface area is 68.4 Å². The van der Waals surface area contributed by atoms with Gasteiger partial charge in [0.25, 0.3) is 0 Å². The van der Waals surface area contributed by atoms with Crippen molar-refractivity contribution in [2.24, 2.45) is 5.92 Å². The molecular formula is C10H16O. The fourth-order valence-corrected chi connectivity index (χ4v) is 1.33. The molecule has 0 aliphatic heterocycles. The van der Waals surface area contributed by atoms with Gasteiger partial charge in [0.15, 0.2) is 0 Å².